The molecule has 0 fully saturated rings. The minimum atomic E-state index is 1.02. The predicted octanol–water partition coefficient (Wildman–Crippen LogP) is 4.90. The van der Waals surface area contributed by atoms with E-state index in [9.17, 15) is 0 Å². The Hall–Kier alpha value is -1.48. The van der Waals surface area contributed by atoms with Crippen molar-refractivity contribution in [2.24, 2.45) is 0 Å². The lowest BCUT2D eigenvalue weighted by Gasteiger charge is -1.86. The zero-order valence-corrected chi connectivity index (χ0v) is 11.6. The van der Waals surface area contributed by atoms with Crippen molar-refractivity contribution in [3.63, 3.8) is 0 Å². The van der Waals surface area contributed by atoms with Gasteiger partial charge in [-0.3, -0.25) is 9.97 Å². The molecule has 3 aromatic rings. The van der Waals surface area contributed by atoms with Gasteiger partial charge in [0.2, 0.25) is 0 Å². The van der Waals surface area contributed by atoms with Gasteiger partial charge >= 0.3 is 0 Å². The SMILES string of the molecule is CC.CC.c1cnc2c(c1)sc1cccnc12. The lowest BCUT2D eigenvalue weighted by molar-refractivity contribution is 1.39. The van der Waals surface area contributed by atoms with Crippen LogP contribution in [0.25, 0.3) is 20.4 Å². The number of thiophene rings is 1. The minimum Gasteiger partial charge on any atom is -0.253 e. The Kier molecular flexibility index (Phi) is 5.57. The topological polar surface area (TPSA) is 25.8 Å². The van der Waals surface area contributed by atoms with Crippen LogP contribution in [0.4, 0.5) is 0 Å². The van der Waals surface area contributed by atoms with E-state index in [4.69, 9.17) is 0 Å². The quantitative estimate of drug-likeness (QED) is 0.564. The van der Waals surface area contributed by atoms with Crippen LogP contribution in [0.5, 0.6) is 0 Å². The third-order valence-corrected chi connectivity index (χ3v) is 3.08. The van der Waals surface area contributed by atoms with Gasteiger partial charge in [0.15, 0.2) is 0 Å². The van der Waals surface area contributed by atoms with Crippen molar-refractivity contribution in [2.45, 2.75) is 27.7 Å². The van der Waals surface area contributed by atoms with Crippen LogP contribution in [0.3, 0.4) is 0 Å². The minimum absolute atomic E-state index is 1.02. The van der Waals surface area contributed by atoms with Crippen molar-refractivity contribution in [3.8, 4) is 0 Å². The number of rotatable bonds is 0. The van der Waals surface area contributed by atoms with E-state index in [1.807, 2.05) is 52.2 Å². The van der Waals surface area contributed by atoms with Crippen LogP contribution in [-0.4, -0.2) is 9.97 Å². The molecule has 0 spiro atoms. The molecule has 0 saturated heterocycles. The molecule has 3 heterocycles. The first-order chi connectivity index (χ1) is 8.45. The molecule has 2 nitrogen and oxygen atoms in total. The summed E-state index contributed by atoms with van der Waals surface area (Å²) in [5.41, 5.74) is 2.03. The number of hydrogen-bond acceptors (Lipinski definition) is 3. The smallest absolute Gasteiger partial charge is 0.107 e. The second kappa shape index (κ2) is 6.97. The monoisotopic (exact) mass is 246 g/mol. The predicted molar refractivity (Wildman–Crippen MR) is 77.6 cm³/mol. The zero-order valence-electron chi connectivity index (χ0n) is 10.8. The van der Waals surface area contributed by atoms with Crippen molar-refractivity contribution < 1.29 is 0 Å². The summed E-state index contributed by atoms with van der Waals surface area (Å²) >= 11 is 1.74. The molecule has 3 heteroatoms. The number of aromatic nitrogens is 2. The van der Waals surface area contributed by atoms with Gasteiger partial charge in [0.1, 0.15) is 11.0 Å². The van der Waals surface area contributed by atoms with Gasteiger partial charge in [0, 0.05) is 12.4 Å². The molecule has 0 N–H and O–H groups in total. The lowest BCUT2D eigenvalue weighted by Crippen LogP contribution is -1.74. The fourth-order valence-electron chi connectivity index (χ4n) is 1.42. The molecule has 17 heavy (non-hydrogen) atoms. The molecule has 0 aliphatic heterocycles. The van der Waals surface area contributed by atoms with Crippen LogP contribution in [-0.2, 0) is 0 Å². The summed E-state index contributed by atoms with van der Waals surface area (Å²) in [7, 11) is 0. The first-order valence-electron chi connectivity index (χ1n) is 6.03. The third kappa shape index (κ3) is 2.80. The fraction of sp³-hybridized carbons (Fsp3) is 0.286. The maximum Gasteiger partial charge on any atom is 0.107 e. The van der Waals surface area contributed by atoms with Crippen LogP contribution in [0, 0.1) is 0 Å². The second-order valence-corrected chi connectivity index (χ2v) is 3.89. The van der Waals surface area contributed by atoms with E-state index in [-0.39, 0.29) is 0 Å². The molecule has 0 radical (unpaired) electrons. The van der Waals surface area contributed by atoms with Gasteiger partial charge < -0.3 is 0 Å². The van der Waals surface area contributed by atoms with E-state index in [0.717, 1.165) is 11.0 Å². The zero-order chi connectivity index (χ0) is 12.7. The van der Waals surface area contributed by atoms with Gasteiger partial charge in [-0.05, 0) is 24.3 Å². The first-order valence-corrected chi connectivity index (χ1v) is 6.85. The van der Waals surface area contributed by atoms with E-state index >= 15 is 0 Å². The standard InChI is InChI=1S/C10H6N2S.2C2H6/c1-3-7-9(11-5-1)10-8(13-7)4-2-6-12-10;2*1-2/h1-6H;2*1-2H3. The number of fused-ring (bicyclic) bond motifs is 3. The largest absolute Gasteiger partial charge is 0.253 e. The Labute approximate surface area is 106 Å². The molecular weight excluding hydrogens is 228 g/mol. The van der Waals surface area contributed by atoms with Gasteiger partial charge in [-0.2, -0.15) is 0 Å². The Morgan fingerprint density at radius 2 is 1.18 bits per heavy atom. The summed E-state index contributed by atoms with van der Waals surface area (Å²) in [6.45, 7) is 8.00. The molecule has 3 aromatic heterocycles. The highest BCUT2D eigenvalue weighted by Gasteiger charge is 2.04. The summed E-state index contributed by atoms with van der Waals surface area (Å²) in [4.78, 5) is 8.63. The maximum atomic E-state index is 4.32. The number of nitrogens with zero attached hydrogens (tertiary/aromatic N) is 2. The molecule has 0 bridgehead atoms. The molecule has 0 unspecified atom stereocenters. The van der Waals surface area contributed by atoms with Crippen LogP contribution in [0.1, 0.15) is 27.7 Å². The van der Waals surface area contributed by atoms with E-state index in [0.29, 0.717) is 0 Å². The average Bonchev–Trinajstić information content (AvgIpc) is 2.82. The van der Waals surface area contributed by atoms with Crippen LogP contribution >= 0.6 is 11.3 Å². The van der Waals surface area contributed by atoms with Crippen molar-refractivity contribution in [1.82, 2.24) is 9.97 Å². The van der Waals surface area contributed by atoms with Gasteiger partial charge in [-0.25, -0.2) is 0 Å². The Morgan fingerprint density at radius 1 is 0.765 bits per heavy atom. The average molecular weight is 246 g/mol. The number of hydrogen-bond donors (Lipinski definition) is 0. The Bertz CT molecular complexity index is 522. The van der Waals surface area contributed by atoms with Crippen LogP contribution in [0.15, 0.2) is 36.7 Å². The summed E-state index contributed by atoms with van der Waals surface area (Å²) in [6, 6.07) is 8.07. The summed E-state index contributed by atoms with van der Waals surface area (Å²) in [5.74, 6) is 0. The van der Waals surface area contributed by atoms with Gasteiger partial charge in [-0.1, -0.05) is 27.7 Å². The highest BCUT2D eigenvalue weighted by Crippen LogP contribution is 2.29. The third-order valence-electron chi connectivity index (χ3n) is 1.99. The summed E-state index contributed by atoms with van der Waals surface area (Å²) in [6.07, 6.45) is 3.62. The van der Waals surface area contributed by atoms with Crippen molar-refractivity contribution in [2.75, 3.05) is 0 Å². The molecule has 0 atom stereocenters. The molecule has 0 aliphatic rings. The summed E-state index contributed by atoms with van der Waals surface area (Å²) in [5, 5.41) is 0. The molecule has 0 amide bonds. The molecule has 3 rings (SSSR count). The first kappa shape index (κ1) is 13.6. The van der Waals surface area contributed by atoms with Crippen LogP contribution < -0.4 is 0 Å². The highest BCUT2D eigenvalue weighted by atomic mass is 32.1. The van der Waals surface area contributed by atoms with Gasteiger partial charge in [0.05, 0.1) is 9.40 Å². The van der Waals surface area contributed by atoms with E-state index in [2.05, 4.69) is 22.1 Å². The molecule has 0 saturated carbocycles. The molecule has 0 aliphatic carbocycles. The molecule has 0 aromatic carbocycles. The van der Waals surface area contributed by atoms with Crippen LogP contribution in [0.2, 0.25) is 0 Å². The summed E-state index contributed by atoms with van der Waals surface area (Å²) < 4.78 is 2.41. The van der Waals surface area contributed by atoms with E-state index in [1.54, 1.807) is 11.3 Å². The highest BCUT2D eigenvalue weighted by molar-refractivity contribution is 7.25. The van der Waals surface area contributed by atoms with E-state index in [1.165, 1.54) is 9.40 Å². The van der Waals surface area contributed by atoms with Crippen molar-refractivity contribution in [3.05, 3.63) is 36.7 Å². The lowest BCUT2D eigenvalue weighted by atomic mass is 10.3. The molecular formula is C14H18N2S. The Morgan fingerprint density at radius 3 is 1.59 bits per heavy atom. The number of pyridine rings is 2. The fourth-order valence-corrected chi connectivity index (χ4v) is 2.44. The van der Waals surface area contributed by atoms with Gasteiger partial charge in [-0.15, -0.1) is 11.3 Å². The second-order valence-electron chi connectivity index (χ2n) is 2.80. The van der Waals surface area contributed by atoms with E-state index < -0.39 is 0 Å². The maximum absolute atomic E-state index is 4.32. The Balaban J connectivity index is 0.000000330. The normalized spacial score (nSPS) is 9.18. The van der Waals surface area contributed by atoms with Gasteiger partial charge in [0.25, 0.3) is 0 Å². The molecule has 90 valence electrons. The van der Waals surface area contributed by atoms with Crippen molar-refractivity contribution in [1.29, 1.82) is 0 Å². The van der Waals surface area contributed by atoms with Crippen molar-refractivity contribution >= 4 is 31.8 Å².